The third kappa shape index (κ3) is 3.87. The minimum absolute atomic E-state index is 0.393. The van der Waals surface area contributed by atoms with E-state index in [0.29, 0.717) is 12.4 Å². The van der Waals surface area contributed by atoms with Crippen molar-refractivity contribution in [1.82, 2.24) is 10.2 Å². The Bertz CT molecular complexity index is 606. The SMILES string of the molecule is CN(C)c1ccc(CN(C)c2ccc(C(F)(F)F)nn2)cc1. The molecule has 4 nitrogen and oxygen atoms in total. The van der Waals surface area contributed by atoms with Crippen molar-refractivity contribution in [3.8, 4) is 0 Å². The van der Waals surface area contributed by atoms with Crippen molar-refractivity contribution in [3.05, 3.63) is 47.7 Å². The Hall–Kier alpha value is -2.31. The van der Waals surface area contributed by atoms with E-state index in [1.807, 2.05) is 43.3 Å². The molecular formula is C15H17F3N4. The Balaban J connectivity index is 2.07. The molecule has 118 valence electrons. The Morgan fingerprint density at radius 2 is 1.55 bits per heavy atom. The summed E-state index contributed by atoms with van der Waals surface area (Å²) in [6.45, 7) is 0.535. The molecule has 1 aromatic carbocycles. The molecule has 0 aliphatic carbocycles. The van der Waals surface area contributed by atoms with Gasteiger partial charge in [-0.15, -0.1) is 10.2 Å². The summed E-state index contributed by atoms with van der Waals surface area (Å²) in [5.74, 6) is 0.393. The normalized spacial score (nSPS) is 11.4. The van der Waals surface area contributed by atoms with Crippen LogP contribution in [0.15, 0.2) is 36.4 Å². The summed E-state index contributed by atoms with van der Waals surface area (Å²) in [6.07, 6.45) is -4.47. The van der Waals surface area contributed by atoms with E-state index < -0.39 is 11.9 Å². The summed E-state index contributed by atoms with van der Waals surface area (Å²) in [6, 6.07) is 10.2. The first-order valence-electron chi connectivity index (χ1n) is 6.65. The number of halogens is 3. The molecule has 0 spiro atoms. The fourth-order valence-corrected chi connectivity index (χ4v) is 1.93. The molecule has 0 atom stereocenters. The largest absolute Gasteiger partial charge is 0.435 e. The highest BCUT2D eigenvalue weighted by molar-refractivity contribution is 5.47. The van der Waals surface area contributed by atoms with Gasteiger partial charge in [0.2, 0.25) is 0 Å². The summed E-state index contributed by atoms with van der Waals surface area (Å²) >= 11 is 0. The first-order valence-corrected chi connectivity index (χ1v) is 6.65. The maximum absolute atomic E-state index is 12.5. The van der Waals surface area contributed by atoms with E-state index in [9.17, 15) is 13.2 Å². The standard InChI is InChI=1S/C15H17F3N4/c1-21(2)12-6-4-11(5-7-12)10-22(3)14-9-8-13(19-20-14)15(16,17)18/h4-9H,10H2,1-3H3. The highest BCUT2D eigenvalue weighted by Gasteiger charge is 2.32. The summed E-state index contributed by atoms with van der Waals surface area (Å²) in [4.78, 5) is 3.74. The minimum Gasteiger partial charge on any atom is -0.378 e. The topological polar surface area (TPSA) is 32.3 Å². The number of alkyl halides is 3. The zero-order valence-electron chi connectivity index (χ0n) is 12.6. The van der Waals surface area contributed by atoms with Crippen LogP contribution in [-0.2, 0) is 12.7 Å². The van der Waals surface area contributed by atoms with E-state index in [1.54, 1.807) is 11.9 Å². The lowest BCUT2D eigenvalue weighted by Gasteiger charge is -2.19. The Morgan fingerprint density at radius 3 is 2.00 bits per heavy atom. The maximum Gasteiger partial charge on any atom is 0.435 e. The predicted octanol–water partition coefficient (Wildman–Crippen LogP) is 3.20. The highest BCUT2D eigenvalue weighted by atomic mass is 19.4. The van der Waals surface area contributed by atoms with Crippen molar-refractivity contribution in [1.29, 1.82) is 0 Å². The molecule has 0 fully saturated rings. The van der Waals surface area contributed by atoms with Gasteiger partial charge in [-0.1, -0.05) is 12.1 Å². The van der Waals surface area contributed by atoms with E-state index in [4.69, 9.17) is 0 Å². The number of aromatic nitrogens is 2. The Labute approximate surface area is 127 Å². The molecular weight excluding hydrogens is 293 g/mol. The molecule has 2 aromatic rings. The molecule has 0 saturated carbocycles. The molecule has 1 aromatic heterocycles. The molecule has 0 amide bonds. The quantitative estimate of drug-likeness (QED) is 0.868. The van der Waals surface area contributed by atoms with Gasteiger partial charge in [-0.2, -0.15) is 13.2 Å². The number of hydrogen-bond acceptors (Lipinski definition) is 4. The van der Waals surface area contributed by atoms with E-state index in [2.05, 4.69) is 10.2 Å². The van der Waals surface area contributed by atoms with Gasteiger partial charge in [0.05, 0.1) is 0 Å². The molecule has 7 heteroatoms. The van der Waals surface area contributed by atoms with Crippen LogP contribution in [0.1, 0.15) is 11.3 Å². The van der Waals surface area contributed by atoms with Crippen molar-refractivity contribution in [2.75, 3.05) is 30.9 Å². The molecule has 0 bridgehead atoms. The highest BCUT2D eigenvalue weighted by Crippen LogP contribution is 2.27. The van der Waals surface area contributed by atoms with Crippen molar-refractivity contribution in [2.24, 2.45) is 0 Å². The average molecular weight is 310 g/mol. The van der Waals surface area contributed by atoms with Crippen LogP contribution in [0.2, 0.25) is 0 Å². The Kier molecular flexibility index (Phi) is 4.54. The van der Waals surface area contributed by atoms with Gasteiger partial charge < -0.3 is 9.80 Å². The van der Waals surface area contributed by atoms with Crippen LogP contribution in [0.25, 0.3) is 0 Å². The second kappa shape index (κ2) is 6.21. The van der Waals surface area contributed by atoms with E-state index in [1.165, 1.54) is 6.07 Å². The van der Waals surface area contributed by atoms with Crippen LogP contribution in [-0.4, -0.2) is 31.3 Å². The van der Waals surface area contributed by atoms with E-state index >= 15 is 0 Å². The lowest BCUT2D eigenvalue weighted by molar-refractivity contribution is -0.141. The predicted molar refractivity (Wildman–Crippen MR) is 79.9 cm³/mol. The van der Waals surface area contributed by atoms with Crippen LogP contribution in [0.3, 0.4) is 0 Å². The average Bonchev–Trinajstić information content (AvgIpc) is 2.47. The van der Waals surface area contributed by atoms with Gasteiger partial charge in [0, 0.05) is 33.4 Å². The second-order valence-corrected chi connectivity index (χ2v) is 5.19. The molecule has 0 saturated heterocycles. The molecule has 22 heavy (non-hydrogen) atoms. The fourth-order valence-electron chi connectivity index (χ4n) is 1.93. The van der Waals surface area contributed by atoms with Crippen molar-refractivity contribution in [2.45, 2.75) is 12.7 Å². The zero-order chi connectivity index (χ0) is 16.3. The van der Waals surface area contributed by atoms with Crippen LogP contribution in [0.4, 0.5) is 24.7 Å². The lowest BCUT2D eigenvalue weighted by atomic mass is 10.2. The number of anilines is 2. The van der Waals surface area contributed by atoms with Gasteiger partial charge in [0.15, 0.2) is 11.5 Å². The van der Waals surface area contributed by atoms with Gasteiger partial charge in [-0.3, -0.25) is 0 Å². The van der Waals surface area contributed by atoms with Crippen LogP contribution >= 0.6 is 0 Å². The first-order chi connectivity index (χ1) is 10.3. The number of benzene rings is 1. The third-order valence-electron chi connectivity index (χ3n) is 3.20. The van der Waals surface area contributed by atoms with Crippen molar-refractivity contribution >= 4 is 11.5 Å². The molecule has 2 rings (SSSR count). The Morgan fingerprint density at radius 1 is 0.909 bits per heavy atom. The number of rotatable bonds is 4. The summed E-state index contributed by atoms with van der Waals surface area (Å²) < 4.78 is 37.4. The summed E-state index contributed by atoms with van der Waals surface area (Å²) in [7, 11) is 5.68. The zero-order valence-corrected chi connectivity index (χ0v) is 12.6. The number of nitrogens with zero attached hydrogens (tertiary/aromatic N) is 4. The minimum atomic E-state index is -4.47. The number of hydrogen-bond donors (Lipinski definition) is 0. The molecule has 0 aliphatic heterocycles. The fraction of sp³-hybridized carbons (Fsp3) is 0.333. The monoisotopic (exact) mass is 310 g/mol. The summed E-state index contributed by atoms with van der Waals surface area (Å²) in [5, 5.41) is 6.86. The molecule has 0 radical (unpaired) electrons. The third-order valence-corrected chi connectivity index (χ3v) is 3.20. The van der Waals surface area contributed by atoms with Crippen LogP contribution < -0.4 is 9.80 Å². The smallest absolute Gasteiger partial charge is 0.378 e. The van der Waals surface area contributed by atoms with E-state index in [0.717, 1.165) is 17.3 Å². The van der Waals surface area contributed by atoms with E-state index in [-0.39, 0.29) is 0 Å². The van der Waals surface area contributed by atoms with Crippen LogP contribution in [0.5, 0.6) is 0 Å². The molecule has 0 unspecified atom stereocenters. The van der Waals surface area contributed by atoms with Gasteiger partial charge in [0.25, 0.3) is 0 Å². The summed E-state index contributed by atoms with van der Waals surface area (Å²) in [5.41, 5.74) is 1.13. The van der Waals surface area contributed by atoms with Gasteiger partial charge in [0.1, 0.15) is 0 Å². The molecule has 0 N–H and O–H groups in total. The maximum atomic E-state index is 12.5. The molecule has 1 heterocycles. The van der Waals surface area contributed by atoms with Crippen LogP contribution in [0, 0.1) is 0 Å². The first kappa shape index (κ1) is 16.1. The second-order valence-electron chi connectivity index (χ2n) is 5.19. The van der Waals surface area contributed by atoms with Gasteiger partial charge in [-0.25, -0.2) is 0 Å². The van der Waals surface area contributed by atoms with Crippen molar-refractivity contribution < 1.29 is 13.2 Å². The molecule has 0 aliphatic rings. The lowest BCUT2D eigenvalue weighted by Crippen LogP contribution is -2.19. The van der Waals surface area contributed by atoms with Gasteiger partial charge >= 0.3 is 6.18 Å². The van der Waals surface area contributed by atoms with Gasteiger partial charge in [-0.05, 0) is 29.8 Å². The van der Waals surface area contributed by atoms with Crippen molar-refractivity contribution in [3.63, 3.8) is 0 Å².